The first-order valence-corrected chi connectivity index (χ1v) is 8.99. The molecule has 0 aromatic carbocycles. The lowest BCUT2D eigenvalue weighted by Gasteiger charge is -2.36. The second-order valence-corrected chi connectivity index (χ2v) is 7.10. The third kappa shape index (κ3) is 3.61. The van der Waals surface area contributed by atoms with Crippen LogP contribution in [0.1, 0.15) is 25.0 Å². The highest BCUT2D eigenvalue weighted by molar-refractivity contribution is 6.29. The maximum absolute atomic E-state index is 12.7. The Balaban J connectivity index is 1.42. The van der Waals surface area contributed by atoms with Crippen LogP contribution in [0.25, 0.3) is 0 Å². The van der Waals surface area contributed by atoms with Crippen LogP contribution in [0.15, 0.2) is 29.0 Å². The average Bonchev–Trinajstić information content (AvgIpc) is 2.85. The van der Waals surface area contributed by atoms with Crippen LogP contribution >= 0.6 is 11.6 Å². The molecular formula is C17H20ClN5O2. The first kappa shape index (κ1) is 16.3. The molecule has 0 radical (unpaired) electrons. The largest absolute Gasteiger partial charge is 0.360 e. The van der Waals surface area contributed by atoms with E-state index in [9.17, 15) is 4.79 Å². The predicted octanol–water partition coefficient (Wildman–Crippen LogP) is 2.18. The number of hydrogen-bond donors (Lipinski definition) is 0. The van der Waals surface area contributed by atoms with Crippen LogP contribution in [0.3, 0.4) is 0 Å². The molecule has 7 nitrogen and oxygen atoms in total. The second-order valence-electron chi connectivity index (χ2n) is 6.71. The summed E-state index contributed by atoms with van der Waals surface area (Å²) >= 11 is 5.75. The second kappa shape index (κ2) is 7.00. The third-order valence-electron chi connectivity index (χ3n) is 4.98. The highest BCUT2D eigenvalue weighted by Crippen LogP contribution is 2.30. The molecule has 2 atom stereocenters. The molecule has 2 aromatic heterocycles. The molecule has 0 aliphatic carbocycles. The third-order valence-corrected chi connectivity index (χ3v) is 5.16. The minimum atomic E-state index is 0.165. The van der Waals surface area contributed by atoms with E-state index in [0.717, 1.165) is 38.4 Å². The fourth-order valence-corrected chi connectivity index (χ4v) is 3.94. The van der Waals surface area contributed by atoms with E-state index < -0.39 is 0 Å². The molecule has 5 heterocycles. The summed E-state index contributed by atoms with van der Waals surface area (Å²) in [5.41, 5.74) is 0. The molecule has 3 aliphatic heterocycles. The number of fused-ring (bicyclic) bond motifs is 4. The molecule has 2 aromatic rings. The van der Waals surface area contributed by atoms with Gasteiger partial charge in [0.25, 0.3) is 0 Å². The van der Waals surface area contributed by atoms with Gasteiger partial charge >= 0.3 is 0 Å². The van der Waals surface area contributed by atoms with Gasteiger partial charge in [0, 0.05) is 57.0 Å². The molecule has 0 N–H and O–H groups in total. The Morgan fingerprint density at radius 2 is 2.08 bits per heavy atom. The van der Waals surface area contributed by atoms with Crippen LogP contribution in [-0.2, 0) is 11.2 Å². The zero-order valence-electron chi connectivity index (χ0n) is 13.8. The Labute approximate surface area is 151 Å². The Morgan fingerprint density at radius 3 is 2.84 bits per heavy atom. The number of nitrogens with zero attached hydrogens (tertiary/aromatic N) is 5. The first-order chi connectivity index (χ1) is 12.2. The Bertz CT molecular complexity index is 738. The zero-order valence-corrected chi connectivity index (χ0v) is 14.6. The summed E-state index contributed by atoms with van der Waals surface area (Å²) < 4.78 is 5.09. The number of hydrogen-bond acceptors (Lipinski definition) is 6. The average molecular weight is 362 g/mol. The Kier molecular flexibility index (Phi) is 4.57. The van der Waals surface area contributed by atoms with Crippen molar-refractivity contribution in [2.45, 2.75) is 31.7 Å². The van der Waals surface area contributed by atoms with Gasteiger partial charge in [-0.05, 0) is 24.8 Å². The summed E-state index contributed by atoms with van der Waals surface area (Å²) in [5, 5.41) is 3.98. The lowest BCUT2D eigenvalue weighted by molar-refractivity contribution is -0.135. The summed E-state index contributed by atoms with van der Waals surface area (Å²) in [6, 6.07) is 3.70. The van der Waals surface area contributed by atoms with Crippen LogP contribution in [-0.4, -0.2) is 51.6 Å². The molecule has 2 bridgehead atoms. The van der Waals surface area contributed by atoms with Crippen LogP contribution < -0.4 is 4.90 Å². The van der Waals surface area contributed by atoms with Gasteiger partial charge in [0.15, 0.2) is 5.15 Å². The van der Waals surface area contributed by atoms with Crippen LogP contribution in [0.4, 0.5) is 5.95 Å². The van der Waals surface area contributed by atoms with Gasteiger partial charge in [0.05, 0.1) is 0 Å². The fourth-order valence-electron chi connectivity index (χ4n) is 3.78. The van der Waals surface area contributed by atoms with E-state index in [4.69, 9.17) is 16.1 Å². The van der Waals surface area contributed by atoms with Gasteiger partial charge in [-0.2, -0.15) is 0 Å². The number of anilines is 1. The molecule has 5 rings (SSSR count). The first-order valence-electron chi connectivity index (χ1n) is 8.61. The van der Waals surface area contributed by atoms with Crippen molar-refractivity contribution in [2.75, 3.05) is 24.5 Å². The monoisotopic (exact) mass is 361 g/mol. The van der Waals surface area contributed by atoms with E-state index in [1.807, 2.05) is 11.0 Å². The molecule has 25 heavy (non-hydrogen) atoms. The molecule has 8 heteroatoms. The smallest absolute Gasteiger partial charge is 0.225 e. The lowest BCUT2D eigenvalue weighted by atomic mass is 9.94. The van der Waals surface area contributed by atoms with Gasteiger partial charge in [-0.25, -0.2) is 9.97 Å². The number of piperidine rings is 1. The standard InChI is InChI=1S/C17H20ClN5O2/c18-15-8-14(25-21-15)4-5-16(24)23-10-12-2-3-13(23)11-22(9-12)17-19-6-1-7-20-17/h1,6-8,12-13H,2-5,9-11H2. The number of amides is 1. The van der Waals surface area contributed by atoms with Crippen molar-refractivity contribution in [3.8, 4) is 0 Å². The van der Waals surface area contributed by atoms with Gasteiger partial charge < -0.3 is 14.3 Å². The summed E-state index contributed by atoms with van der Waals surface area (Å²) in [7, 11) is 0. The summed E-state index contributed by atoms with van der Waals surface area (Å²) in [4.78, 5) is 25.7. The van der Waals surface area contributed by atoms with E-state index in [0.29, 0.717) is 29.7 Å². The SMILES string of the molecule is O=C(CCc1cc(Cl)no1)N1CC2CCC1CN(c1ncccn1)C2. The summed E-state index contributed by atoms with van der Waals surface area (Å²) in [5.74, 6) is 2.03. The normalized spacial score (nSPS) is 22.9. The number of halogens is 1. The molecule has 132 valence electrons. The van der Waals surface area contributed by atoms with Crippen molar-refractivity contribution >= 4 is 23.5 Å². The fraction of sp³-hybridized carbons (Fsp3) is 0.529. The maximum Gasteiger partial charge on any atom is 0.225 e. The van der Waals surface area contributed by atoms with E-state index in [2.05, 4.69) is 20.0 Å². The summed E-state index contributed by atoms with van der Waals surface area (Å²) in [6.07, 6.45) is 6.65. The van der Waals surface area contributed by atoms with Crippen LogP contribution in [0, 0.1) is 5.92 Å². The van der Waals surface area contributed by atoms with Gasteiger partial charge in [0.1, 0.15) is 5.76 Å². The zero-order chi connectivity index (χ0) is 17.2. The van der Waals surface area contributed by atoms with Crippen LogP contribution in [0.2, 0.25) is 5.15 Å². The molecule has 3 aliphatic rings. The molecule has 1 amide bonds. The molecule has 0 spiro atoms. The number of carbonyl (C=O) groups is 1. The molecule has 3 fully saturated rings. The van der Waals surface area contributed by atoms with Crippen LogP contribution in [0.5, 0.6) is 0 Å². The highest BCUT2D eigenvalue weighted by atomic mass is 35.5. The number of carbonyl (C=O) groups excluding carboxylic acids is 1. The lowest BCUT2D eigenvalue weighted by Crippen LogP contribution is -2.47. The van der Waals surface area contributed by atoms with E-state index in [1.165, 1.54) is 0 Å². The number of aromatic nitrogens is 3. The van der Waals surface area contributed by atoms with Gasteiger partial charge in [-0.15, -0.1) is 0 Å². The van der Waals surface area contributed by atoms with Crippen molar-refractivity contribution in [3.05, 3.63) is 35.4 Å². The van der Waals surface area contributed by atoms with Gasteiger partial charge in [0.2, 0.25) is 11.9 Å². The molecule has 0 saturated carbocycles. The van der Waals surface area contributed by atoms with Crippen molar-refractivity contribution < 1.29 is 9.32 Å². The highest BCUT2D eigenvalue weighted by Gasteiger charge is 2.37. The molecular weight excluding hydrogens is 342 g/mol. The van der Waals surface area contributed by atoms with Crippen molar-refractivity contribution in [1.82, 2.24) is 20.0 Å². The minimum Gasteiger partial charge on any atom is -0.360 e. The van der Waals surface area contributed by atoms with E-state index in [-0.39, 0.29) is 11.9 Å². The summed E-state index contributed by atoms with van der Waals surface area (Å²) in [6.45, 7) is 2.51. The predicted molar refractivity (Wildman–Crippen MR) is 92.3 cm³/mol. The van der Waals surface area contributed by atoms with Gasteiger partial charge in [-0.3, -0.25) is 4.79 Å². The number of aryl methyl sites for hydroxylation is 1. The van der Waals surface area contributed by atoms with E-state index in [1.54, 1.807) is 18.5 Å². The van der Waals surface area contributed by atoms with Gasteiger partial charge in [-0.1, -0.05) is 16.8 Å². The quantitative estimate of drug-likeness (QED) is 0.830. The minimum absolute atomic E-state index is 0.165. The Hall–Kier alpha value is -2.15. The van der Waals surface area contributed by atoms with Crippen molar-refractivity contribution in [2.24, 2.45) is 5.92 Å². The topological polar surface area (TPSA) is 75.4 Å². The van der Waals surface area contributed by atoms with Crippen molar-refractivity contribution in [1.29, 1.82) is 0 Å². The Morgan fingerprint density at radius 1 is 1.24 bits per heavy atom. The van der Waals surface area contributed by atoms with E-state index >= 15 is 0 Å². The molecule has 3 saturated heterocycles. The maximum atomic E-state index is 12.7. The van der Waals surface area contributed by atoms with Crippen molar-refractivity contribution in [3.63, 3.8) is 0 Å². The number of rotatable bonds is 4. The molecule has 2 unspecified atom stereocenters.